The maximum Gasteiger partial charge on any atom is 0.338 e. The van der Waals surface area contributed by atoms with Gasteiger partial charge in [0.05, 0.1) is 29.7 Å². The zero-order chi connectivity index (χ0) is 20.8. The zero-order valence-electron chi connectivity index (χ0n) is 16.7. The Kier molecular flexibility index (Phi) is 6.72. The summed E-state index contributed by atoms with van der Waals surface area (Å²) in [5, 5.41) is 10.4. The lowest BCUT2D eigenvalue weighted by Gasteiger charge is -2.13. The van der Waals surface area contributed by atoms with Crippen LogP contribution in [0.5, 0.6) is 5.75 Å². The van der Waals surface area contributed by atoms with Crippen molar-refractivity contribution in [1.82, 2.24) is 9.13 Å². The van der Waals surface area contributed by atoms with Crippen LogP contribution in [0.25, 0.3) is 11.0 Å². The van der Waals surface area contributed by atoms with Gasteiger partial charge >= 0.3 is 11.7 Å². The van der Waals surface area contributed by atoms with Gasteiger partial charge in [0, 0.05) is 6.54 Å². The van der Waals surface area contributed by atoms with Crippen LogP contribution in [-0.2, 0) is 17.8 Å². The first-order chi connectivity index (χ1) is 14.0. The Bertz CT molecular complexity index is 1020. The molecule has 0 aliphatic heterocycles. The van der Waals surface area contributed by atoms with Crippen LogP contribution in [-0.4, -0.2) is 39.5 Å². The van der Waals surface area contributed by atoms with Crippen LogP contribution in [0.1, 0.15) is 30.6 Å². The fourth-order valence-electron chi connectivity index (χ4n) is 3.25. The van der Waals surface area contributed by atoms with Gasteiger partial charge in [0.2, 0.25) is 0 Å². The highest BCUT2D eigenvalue weighted by Gasteiger charge is 2.16. The molecule has 0 saturated heterocycles. The average molecular weight is 398 g/mol. The Morgan fingerprint density at radius 2 is 1.69 bits per heavy atom. The van der Waals surface area contributed by atoms with Crippen molar-refractivity contribution in [3.8, 4) is 5.75 Å². The molecule has 0 saturated carbocycles. The molecule has 154 valence electrons. The summed E-state index contributed by atoms with van der Waals surface area (Å²) in [7, 11) is 0. The highest BCUT2D eigenvalue weighted by atomic mass is 16.5. The van der Waals surface area contributed by atoms with Gasteiger partial charge in [0.25, 0.3) is 0 Å². The molecule has 3 rings (SSSR count). The van der Waals surface area contributed by atoms with Crippen LogP contribution >= 0.6 is 0 Å². The van der Waals surface area contributed by atoms with E-state index in [1.165, 1.54) is 0 Å². The first-order valence-corrected chi connectivity index (χ1v) is 9.81. The van der Waals surface area contributed by atoms with Gasteiger partial charge in [-0.25, -0.2) is 9.59 Å². The standard InChI is InChI=1S/C22H26N2O5/c1-3-13-23-19-7-5-6-8-20(19)24(22(23)27)14-17(25)15-29-18-11-9-16(10-12-18)21(26)28-4-2/h5-12,17,25H,3-4,13-15H2,1-2H3/t17-/m0/s1. The summed E-state index contributed by atoms with van der Waals surface area (Å²) in [6.07, 6.45) is -0.0141. The van der Waals surface area contributed by atoms with Crippen LogP contribution in [0.2, 0.25) is 0 Å². The van der Waals surface area contributed by atoms with Crippen LogP contribution in [0.4, 0.5) is 0 Å². The molecule has 1 N–H and O–H groups in total. The number of nitrogens with zero attached hydrogens (tertiary/aromatic N) is 2. The van der Waals surface area contributed by atoms with Gasteiger partial charge in [-0.15, -0.1) is 0 Å². The summed E-state index contributed by atoms with van der Waals surface area (Å²) in [5.41, 5.74) is 1.96. The predicted molar refractivity (Wildman–Crippen MR) is 110 cm³/mol. The molecule has 7 heteroatoms. The topological polar surface area (TPSA) is 82.7 Å². The number of aliphatic hydroxyl groups excluding tert-OH is 1. The van der Waals surface area contributed by atoms with Gasteiger partial charge in [-0.3, -0.25) is 9.13 Å². The van der Waals surface area contributed by atoms with Crippen LogP contribution in [0.15, 0.2) is 53.3 Å². The Morgan fingerprint density at radius 3 is 2.31 bits per heavy atom. The zero-order valence-corrected chi connectivity index (χ0v) is 16.7. The van der Waals surface area contributed by atoms with E-state index in [1.54, 1.807) is 40.3 Å². The Hall–Kier alpha value is -3.06. The quantitative estimate of drug-likeness (QED) is 0.561. The number of carbonyl (C=O) groups excluding carboxylic acids is 1. The van der Waals surface area contributed by atoms with E-state index in [2.05, 4.69) is 0 Å². The second-order valence-corrected chi connectivity index (χ2v) is 6.74. The van der Waals surface area contributed by atoms with E-state index >= 15 is 0 Å². The highest BCUT2D eigenvalue weighted by molar-refractivity contribution is 5.89. The van der Waals surface area contributed by atoms with Crippen LogP contribution < -0.4 is 10.4 Å². The number of aryl methyl sites for hydroxylation is 1. The molecule has 0 fully saturated rings. The van der Waals surface area contributed by atoms with E-state index in [0.29, 0.717) is 24.5 Å². The number of benzene rings is 2. The number of aliphatic hydroxyl groups is 1. The summed E-state index contributed by atoms with van der Waals surface area (Å²) >= 11 is 0. The second kappa shape index (κ2) is 9.43. The Labute approximate surface area is 169 Å². The van der Waals surface area contributed by atoms with E-state index in [-0.39, 0.29) is 24.8 Å². The van der Waals surface area contributed by atoms with E-state index in [0.717, 1.165) is 17.5 Å². The molecule has 0 aliphatic rings. The molecule has 0 bridgehead atoms. The number of fused-ring (bicyclic) bond motifs is 1. The minimum absolute atomic E-state index is 0.0263. The average Bonchev–Trinajstić information content (AvgIpc) is 2.99. The van der Waals surface area contributed by atoms with Crippen molar-refractivity contribution in [3.63, 3.8) is 0 Å². The smallest absolute Gasteiger partial charge is 0.338 e. The number of aromatic nitrogens is 2. The molecule has 2 aromatic carbocycles. The third-order valence-corrected chi connectivity index (χ3v) is 4.57. The van der Waals surface area contributed by atoms with Crippen molar-refractivity contribution in [3.05, 3.63) is 64.6 Å². The fourth-order valence-corrected chi connectivity index (χ4v) is 3.25. The minimum Gasteiger partial charge on any atom is -0.491 e. The lowest BCUT2D eigenvalue weighted by molar-refractivity contribution is 0.0526. The molecule has 1 heterocycles. The number of ether oxygens (including phenoxy) is 2. The Balaban J connectivity index is 1.67. The molecule has 3 aromatic rings. The van der Waals surface area contributed by atoms with E-state index in [9.17, 15) is 14.7 Å². The fraction of sp³-hybridized carbons (Fsp3) is 0.364. The van der Waals surface area contributed by atoms with Crippen LogP contribution in [0, 0.1) is 0 Å². The van der Waals surface area contributed by atoms with Crippen molar-refractivity contribution < 1.29 is 19.4 Å². The summed E-state index contributed by atoms with van der Waals surface area (Å²) < 4.78 is 13.9. The molecule has 0 aliphatic carbocycles. The number of hydrogen-bond acceptors (Lipinski definition) is 5. The largest absolute Gasteiger partial charge is 0.491 e. The lowest BCUT2D eigenvalue weighted by atomic mass is 10.2. The van der Waals surface area contributed by atoms with Gasteiger partial charge in [0.1, 0.15) is 18.5 Å². The normalized spacial score (nSPS) is 12.1. The first-order valence-electron chi connectivity index (χ1n) is 9.81. The monoisotopic (exact) mass is 398 g/mol. The first kappa shape index (κ1) is 20.7. The maximum absolute atomic E-state index is 12.8. The molecule has 0 spiro atoms. The van der Waals surface area contributed by atoms with E-state index < -0.39 is 6.10 Å². The third-order valence-electron chi connectivity index (χ3n) is 4.57. The van der Waals surface area contributed by atoms with Gasteiger partial charge in [-0.2, -0.15) is 0 Å². The summed E-state index contributed by atoms with van der Waals surface area (Å²) in [6.45, 7) is 4.88. The van der Waals surface area contributed by atoms with Crippen molar-refractivity contribution in [2.75, 3.05) is 13.2 Å². The van der Waals surface area contributed by atoms with Gasteiger partial charge in [-0.1, -0.05) is 19.1 Å². The molecular weight excluding hydrogens is 372 g/mol. The van der Waals surface area contributed by atoms with E-state index in [1.807, 2.05) is 31.2 Å². The predicted octanol–water partition coefficient (Wildman–Crippen LogP) is 2.83. The highest BCUT2D eigenvalue weighted by Crippen LogP contribution is 2.16. The summed E-state index contributed by atoms with van der Waals surface area (Å²) in [4.78, 5) is 24.4. The third kappa shape index (κ3) is 4.68. The number of esters is 1. The Morgan fingerprint density at radius 1 is 1.03 bits per heavy atom. The summed E-state index contributed by atoms with van der Waals surface area (Å²) in [6, 6.07) is 14.1. The molecule has 0 unspecified atom stereocenters. The second-order valence-electron chi connectivity index (χ2n) is 6.74. The van der Waals surface area contributed by atoms with Crippen molar-refractivity contribution >= 4 is 17.0 Å². The number of carbonyl (C=O) groups is 1. The molecule has 29 heavy (non-hydrogen) atoms. The number of hydrogen-bond donors (Lipinski definition) is 1. The van der Waals surface area contributed by atoms with E-state index in [4.69, 9.17) is 9.47 Å². The van der Waals surface area contributed by atoms with Crippen molar-refractivity contribution in [2.45, 2.75) is 39.5 Å². The minimum atomic E-state index is -0.863. The van der Waals surface area contributed by atoms with Crippen molar-refractivity contribution in [2.24, 2.45) is 0 Å². The molecular formula is C22H26N2O5. The number of para-hydroxylation sites is 2. The number of imidazole rings is 1. The molecule has 1 aromatic heterocycles. The molecule has 1 atom stereocenters. The van der Waals surface area contributed by atoms with Gasteiger partial charge < -0.3 is 14.6 Å². The lowest BCUT2D eigenvalue weighted by Crippen LogP contribution is -2.31. The summed E-state index contributed by atoms with van der Waals surface area (Å²) in [5.74, 6) is 0.139. The molecule has 0 radical (unpaired) electrons. The SMILES string of the molecule is CCCn1c(=O)n(C[C@H](O)COc2ccc(C(=O)OCC)cc2)c2ccccc21. The number of rotatable bonds is 9. The maximum atomic E-state index is 12.8. The molecule has 0 amide bonds. The van der Waals surface area contributed by atoms with Crippen LogP contribution in [0.3, 0.4) is 0 Å². The van der Waals surface area contributed by atoms with Crippen molar-refractivity contribution in [1.29, 1.82) is 0 Å². The molecule has 7 nitrogen and oxygen atoms in total. The van der Waals surface area contributed by atoms with Gasteiger partial charge in [0.15, 0.2) is 0 Å². The van der Waals surface area contributed by atoms with Gasteiger partial charge in [-0.05, 0) is 49.7 Å².